The molecule has 2 aromatic rings. The number of nitrogens with zero attached hydrogens (tertiary/aromatic N) is 2. The lowest BCUT2D eigenvalue weighted by Gasteiger charge is -2.14. The van der Waals surface area contributed by atoms with Crippen LogP contribution >= 0.6 is 22.9 Å². The number of ether oxygens (including phenoxy) is 1. The van der Waals surface area contributed by atoms with Crippen molar-refractivity contribution in [3.05, 3.63) is 21.9 Å². The van der Waals surface area contributed by atoms with E-state index in [0.717, 1.165) is 29.5 Å². The molecule has 104 valence electrons. The number of hydrogen-bond acceptors (Lipinski definition) is 4. The van der Waals surface area contributed by atoms with Gasteiger partial charge in [0.25, 0.3) is 0 Å². The average molecular weight is 299 g/mol. The van der Waals surface area contributed by atoms with Gasteiger partial charge in [0.15, 0.2) is 5.82 Å². The summed E-state index contributed by atoms with van der Waals surface area (Å²) in [5.41, 5.74) is 0. The molecule has 19 heavy (non-hydrogen) atoms. The predicted octanol–water partition coefficient (Wildman–Crippen LogP) is 4.78. The third kappa shape index (κ3) is 3.25. The average Bonchev–Trinajstić information content (AvgIpc) is 2.82. The van der Waals surface area contributed by atoms with Gasteiger partial charge in [0.1, 0.15) is 16.1 Å². The largest absolute Gasteiger partial charge is 0.371 e. The Hall–Kier alpha value is -0.710. The molecule has 0 aromatic carbocycles. The summed E-state index contributed by atoms with van der Waals surface area (Å²) in [6.45, 7) is 6.91. The molecule has 1 atom stereocenters. The quantitative estimate of drug-likeness (QED) is 0.720. The van der Waals surface area contributed by atoms with Crippen LogP contribution in [-0.4, -0.2) is 16.6 Å². The molecule has 0 saturated carbocycles. The zero-order valence-corrected chi connectivity index (χ0v) is 13.1. The van der Waals surface area contributed by atoms with E-state index < -0.39 is 0 Å². The molecule has 0 saturated heterocycles. The normalized spacial score (nSPS) is 13.1. The summed E-state index contributed by atoms with van der Waals surface area (Å²) in [6, 6.07) is 2.08. The molecule has 2 rings (SSSR count). The summed E-state index contributed by atoms with van der Waals surface area (Å²) >= 11 is 7.96. The van der Waals surface area contributed by atoms with Gasteiger partial charge in [-0.1, -0.05) is 31.9 Å². The summed E-state index contributed by atoms with van der Waals surface area (Å²) < 4.78 is 5.73. The molecule has 0 aliphatic rings. The molecule has 3 nitrogen and oxygen atoms in total. The second-order valence-electron chi connectivity index (χ2n) is 4.39. The lowest BCUT2D eigenvalue weighted by atomic mass is 10.2. The SMILES string of the molecule is CCCC(OCC)c1nc(Cl)c2cc(CC)sc2n1. The van der Waals surface area contributed by atoms with Gasteiger partial charge in [0.2, 0.25) is 0 Å². The molecule has 0 bridgehead atoms. The van der Waals surface area contributed by atoms with Crippen molar-refractivity contribution >= 4 is 33.2 Å². The van der Waals surface area contributed by atoms with Crippen molar-refractivity contribution in [3.63, 3.8) is 0 Å². The smallest absolute Gasteiger partial charge is 0.160 e. The molecule has 0 N–H and O–H groups in total. The monoisotopic (exact) mass is 298 g/mol. The second kappa shape index (κ2) is 6.64. The summed E-state index contributed by atoms with van der Waals surface area (Å²) in [7, 11) is 0. The van der Waals surface area contributed by atoms with E-state index in [2.05, 4.69) is 29.9 Å². The molecular formula is C14H19ClN2OS. The number of aromatic nitrogens is 2. The standard InChI is InChI=1S/C14H19ClN2OS/c1-4-7-11(18-6-3)13-16-12(15)10-8-9(5-2)19-14(10)17-13/h8,11H,4-7H2,1-3H3. The summed E-state index contributed by atoms with van der Waals surface area (Å²) in [6.07, 6.45) is 2.90. The molecule has 0 radical (unpaired) electrons. The molecule has 0 aliphatic heterocycles. The summed E-state index contributed by atoms with van der Waals surface area (Å²) in [5.74, 6) is 0.714. The highest BCUT2D eigenvalue weighted by Crippen LogP contribution is 2.31. The number of hydrogen-bond donors (Lipinski definition) is 0. The zero-order valence-electron chi connectivity index (χ0n) is 11.6. The number of thiophene rings is 1. The molecule has 0 aliphatic carbocycles. The van der Waals surface area contributed by atoms with Crippen LogP contribution in [0.15, 0.2) is 6.07 Å². The van der Waals surface area contributed by atoms with Gasteiger partial charge >= 0.3 is 0 Å². The molecule has 5 heteroatoms. The van der Waals surface area contributed by atoms with E-state index in [9.17, 15) is 0 Å². The van der Waals surface area contributed by atoms with Crippen molar-refractivity contribution in [1.82, 2.24) is 9.97 Å². The van der Waals surface area contributed by atoms with Gasteiger partial charge in [-0.15, -0.1) is 11.3 Å². The first kappa shape index (κ1) is 14.7. The van der Waals surface area contributed by atoms with Crippen molar-refractivity contribution in [2.24, 2.45) is 0 Å². The second-order valence-corrected chi connectivity index (χ2v) is 5.86. The van der Waals surface area contributed by atoms with E-state index in [1.54, 1.807) is 11.3 Å². The van der Waals surface area contributed by atoms with E-state index in [4.69, 9.17) is 16.3 Å². The summed E-state index contributed by atoms with van der Waals surface area (Å²) in [5, 5.41) is 1.50. The fourth-order valence-electron chi connectivity index (χ4n) is 2.02. The third-order valence-electron chi connectivity index (χ3n) is 2.97. The molecule has 2 heterocycles. The van der Waals surface area contributed by atoms with Crippen molar-refractivity contribution in [2.75, 3.05) is 6.61 Å². The Morgan fingerprint density at radius 3 is 2.74 bits per heavy atom. The molecule has 1 unspecified atom stereocenters. The van der Waals surface area contributed by atoms with Crippen molar-refractivity contribution in [3.8, 4) is 0 Å². The summed E-state index contributed by atoms with van der Waals surface area (Å²) in [4.78, 5) is 11.3. The predicted molar refractivity (Wildman–Crippen MR) is 81.1 cm³/mol. The van der Waals surface area contributed by atoms with Gasteiger partial charge in [0.05, 0.1) is 0 Å². The number of halogens is 1. The van der Waals surface area contributed by atoms with Gasteiger partial charge in [-0.25, -0.2) is 9.97 Å². The van der Waals surface area contributed by atoms with Crippen LogP contribution in [0, 0.1) is 0 Å². The van der Waals surface area contributed by atoms with Gasteiger partial charge in [-0.2, -0.15) is 0 Å². The van der Waals surface area contributed by atoms with Gasteiger partial charge < -0.3 is 4.74 Å². The zero-order chi connectivity index (χ0) is 13.8. The Morgan fingerprint density at radius 1 is 1.32 bits per heavy atom. The number of rotatable bonds is 6. The van der Waals surface area contributed by atoms with Crippen LogP contribution < -0.4 is 0 Å². The van der Waals surface area contributed by atoms with Crippen LogP contribution in [0.25, 0.3) is 10.2 Å². The Balaban J connectivity index is 2.42. The number of fused-ring (bicyclic) bond motifs is 1. The van der Waals surface area contributed by atoms with Gasteiger partial charge in [0, 0.05) is 16.9 Å². The van der Waals surface area contributed by atoms with Crippen LogP contribution in [0.1, 0.15) is 50.4 Å². The first-order chi connectivity index (χ1) is 9.19. The minimum absolute atomic E-state index is 0.0518. The van der Waals surface area contributed by atoms with Crippen LogP contribution in [0.3, 0.4) is 0 Å². The highest BCUT2D eigenvalue weighted by molar-refractivity contribution is 7.18. The highest BCUT2D eigenvalue weighted by atomic mass is 35.5. The van der Waals surface area contributed by atoms with Crippen LogP contribution in [0.5, 0.6) is 0 Å². The minimum atomic E-state index is -0.0518. The Morgan fingerprint density at radius 2 is 2.11 bits per heavy atom. The van der Waals surface area contributed by atoms with Crippen LogP contribution in [-0.2, 0) is 11.2 Å². The Bertz CT molecular complexity index is 550. The molecule has 2 aromatic heterocycles. The fourth-order valence-corrected chi connectivity index (χ4v) is 3.28. The minimum Gasteiger partial charge on any atom is -0.371 e. The van der Waals surface area contributed by atoms with E-state index in [0.29, 0.717) is 17.6 Å². The maximum Gasteiger partial charge on any atom is 0.160 e. The van der Waals surface area contributed by atoms with Gasteiger partial charge in [-0.3, -0.25) is 0 Å². The van der Waals surface area contributed by atoms with Crippen molar-refractivity contribution < 1.29 is 4.74 Å². The topological polar surface area (TPSA) is 35.0 Å². The first-order valence-corrected chi connectivity index (χ1v) is 7.96. The maximum absolute atomic E-state index is 6.28. The molecule has 0 spiro atoms. The van der Waals surface area contributed by atoms with E-state index >= 15 is 0 Å². The molecule has 0 amide bonds. The van der Waals surface area contributed by atoms with Crippen LogP contribution in [0.2, 0.25) is 5.15 Å². The highest BCUT2D eigenvalue weighted by Gasteiger charge is 2.17. The Kier molecular flexibility index (Phi) is 5.13. The lowest BCUT2D eigenvalue weighted by Crippen LogP contribution is -2.08. The fraction of sp³-hybridized carbons (Fsp3) is 0.571. The first-order valence-electron chi connectivity index (χ1n) is 6.77. The van der Waals surface area contributed by atoms with E-state index in [-0.39, 0.29) is 6.10 Å². The molecular weight excluding hydrogens is 280 g/mol. The van der Waals surface area contributed by atoms with Crippen LogP contribution in [0.4, 0.5) is 0 Å². The molecule has 0 fully saturated rings. The van der Waals surface area contributed by atoms with Crippen molar-refractivity contribution in [2.45, 2.75) is 46.1 Å². The lowest BCUT2D eigenvalue weighted by molar-refractivity contribution is 0.0497. The Labute approximate surface area is 123 Å². The maximum atomic E-state index is 6.28. The van der Waals surface area contributed by atoms with Crippen molar-refractivity contribution in [1.29, 1.82) is 0 Å². The number of aryl methyl sites for hydroxylation is 1. The third-order valence-corrected chi connectivity index (χ3v) is 4.43. The van der Waals surface area contributed by atoms with E-state index in [1.807, 2.05) is 6.92 Å². The van der Waals surface area contributed by atoms with E-state index in [1.165, 1.54) is 4.88 Å². The van der Waals surface area contributed by atoms with Gasteiger partial charge in [-0.05, 0) is 25.8 Å².